The molecule has 0 saturated heterocycles. The highest BCUT2D eigenvalue weighted by molar-refractivity contribution is 9.10. The summed E-state index contributed by atoms with van der Waals surface area (Å²) in [6.07, 6.45) is 3.12. The Morgan fingerprint density at radius 3 is 2.43 bits per heavy atom. The van der Waals surface area contributed by atoms with Gasteiger partial charge in [0.1, 0.15) is 5.52 Å². The minimum absolute atomic E-state index is 0.0867. The molecule has 0 amide bonds. The number of benzene rings is 1. The first-order valence-electron chi connectivity index (χ1n) is 5.86. The molecule has 0 radical (unpaired) electrons. The highest BCUT2D eigenvalue weighted by Gasteiger charge is 2.12. The van der Waals surface area contributed by atoms with Crippen molar-refractivity contribution in [2.75, 3.05) is 5.32 Å². The predicted octanol–water partition coefficient (Wildman–Crippen LogP) is 4.55. The van der Waals surface area contributed by atoms with E-state index in [1.807, 2.05) is 0 Å². The van der Waals surface area contributed by atoms with Gasteiger partial charge >= 0.3 is 0 Å². The summed E-state index contributed by atoms with van der Waals surface area (Å²) in [5, 5.41) is 2.81. The molecule has 0 saturated carbocycles. The predicted molar refractivity (Wildman–Crippen MR) is 76.8 cm³/mol. The van der Waals surface area contributed by atoms with Crippen molar-refractivity contribution in [3.05, 3.63) is 58.6 Å². The van der Waals surface area contributed by atoms with Crippen molar-refractivity contribution in [2.45, 2.75) is 0 Å². The summed E-state index contributed by atoms with van der Waals surface area (Å²) in [5.74, 6) is -4.01. The molecule has 1 N–H and O–H groups in total. The number of hydrogen-bond donors (Lipinski definition) is 1. The average Bonchev–Trinajstić information content (AvgIpc) is 2.44. The number of fused-ring (bicyclic) bond motifs is 1. The van der Waals surface area contributed by atoms with Gasteiger partial charge in [-0.2, -0.15) is 0 Å². The summed E-state index contributed by atoms with van der Waals surface area (Å²) < 4.78 is 40.1. The maximum Gasteiger partial charge on any atom is 0.194 e. The summed E-state index contributed by atoms with van der Waals surface area (Å²) in [4.78, 5) is 8.36. The highest BCUT2D eigenvalue weighted by Crippen LogP contribution is 2.26. The molecule has 0 unspecified atom stereocenters. The number of rotatable bonds is 2. The molecule has 0 bridgehead atoms. The van der Waals surface area contributed by atoms with Crippen LogP contribution in [0.4, 0.5) is 24.5 Å². The average molecular weight is 354 g/mol. The van der Waals surface area contributed by atoms with E-state index in [0.29, 0.717) is 16.7 Å². The Balaban J connectivity index is 2.06. The maximum atomic E-state index is 13.2. The number of pyridine rings is 2. The van der Waals surface area contributed by atoms with Crippen molar-refractivity contribution < 1.29 is 13.2 Å². The van der Waals surface area contributed by atoms with E-state index in [2.05, 4.69) is 31.2 Å². The van der Waals surface area contributed by atoms with Gasteiger partial charge in [0.2, 0.25) is 0 Å². The van der Waals surface area contributed by atoms with Gasteiger partial charge in [-0.25, -0.2) is 13.2 Å². The van der Waals surface area contributed by atoms with Crippen LogP contribution in [0.25, 0.3) is 11.0 Å². The number of nitrogens with zero attached hydrogens (tertiary/aromatic N) is 2. The zero-order chi connectivity index (χ0) is 15.0. The fourth-order valence-corrected chi connectivity index (χ4v) is 2.21. The van der Waals surface area contributed by atoms with Crippen LogP contribution in [-0.4, -0.2) is 9.97 Å². The summed E-state index contributed by atoms with van der Waals surface area (Å²) in [6, 6.07) is 5.13. The second-order valence-corrected chi connectivity index (χ2v) is 5.17. The second kappa shape index (κ2) is 5.33. The number of aromatic nitrogens is 2. The molecule has 21 heavy (non-hydrogen) atoms. The Morgan fingerprint density at radius 1 is 1.00 bits per heavy atom. The molecule has 3 rings (SSSR count). The van der Waals surface area contributed by atoms with Gasteiger partial charge in [-0.3, -0.25) is 9.97 Å². The number of hydrogen-bond acceptors (Lipinski definition) is 3. The molecule has 0 fully saturated rings. The summed E-state index contributed by atoms with van der Waals surface area (Å²) in [7, 11) is 0. The third kappa shape index (κ3) is 2.69. The molecule has 2 heterocycles. The summed E-state index contributed by atoms with van der Waals surface area (Å²) in [5.41, 5.74) is 1.74. The van der Waals surface area contributed by atoms with Crippen LogP contribution >= 0.6 is 15.9 Å². The van der Waals surface area contributed by atoms with Crippen LogP contribution in [-0.2, 0) is 0 Å². The van der Waals surface area contributed by atoms with E-state index < -0.39 is 17.5 Å². The van der Waals surface area contributed by atoms with Gasteiger partial charge in [-0.05, 0) is 28.1 Å². The molecule has 2 aromatic heterocycles. The van der Waals surface area contributed by atoms with E-state index in [4.69, 9.17) is 0 Å². The zero-order valence-corrected chi connectivity index (χ0v) is 12.0. The quantitative estimate of drug-likeness (QED) is 0.686. The standard InChI is InChI=1S/C14H7BrF3N3/c15-7-3-12-14(20-6-7)11(1-2-19-12)21-8-4-9(16)13(18)10(17)5-8/h1-6H,(H,19,21). The van der Waals surface area contributed by atoms with E-state index in [-0.39, 0.29) is 5.69 Å². The molecule has 106 valence electrons. The van der Waals surface area contributed by atoms with Gasteiger partial charge in [0, 0.05) is 34.7 Å². The number of halogens is 4. The first kappa shape index (κ1) is 13.8. The van der Waals surface area contributed by atoms with Gasteiger partial charge in [0.25, 0.3) is 0 Å². The van der Waals surface area contributed by atoms with Crippen molar-refractivity contribution in [1.82, 2.24) is 9.97 Å². The highest BCUT2D eigenvalue weighted by atomic mass is 79.9. The maximum absolute atomic E-state index is 13.2. The fourth-order valence-electron chi connectivity index (χ4n) is 1.89. The van der Waals surface area contributed by atoms with E-state index in [0.717, 1.165) is 16.6 Å². The topological polar surface area (TPSA) is 37.8 Å². The Bertz CT molecular complexity index is 816. The lowest BCUT2D eigenvalue weighted by Crippen LogP contribution is -1.98. The largest absolute Gasteiger partial charge is 0.353 e. The first-order valence-corrected chi connectivity index (χ1v) is 6.66. The molecule has 3 nitrogen and oxygen atoms in total. The van der Waals surface area contributed by atoms with Crippen molar-refractivity contribution in [1.29, 1.82) is 0 Å². The fraction of sp³-hybridized carbons (Fsp3) is 0. The molecule has 7 heteroatoms. The minimum Gasteiger partial charge on any atom is -0.353 e. The van der Waals surface area contributed by atoms with Gasteiger partial charge < -0.3 is 5.32 Å². The van der Waals surface area contributed by atoms with Gasteiger partial charge in [-0.1, -0.05) is 0 Å². The van der Waals surface area contributed by atoms with Gasteiger partial charge in [0.15, 0.2) is 17.5 Å². The third-order valence-electron chi connectivity index (χ3n) is 2.81. The molecule has 0 atom stereocenters. The van der Waals surface area contributed by atoms with E-state index in [9.17, 15) is 13.2 Å². The van der Waals surface area contributed by atoms with E-state index in [1.54, 1.807) is 18.3 Å². The molecule has 0 aliphatic carbocycles. The Morgan fingerprint density at radius 2 is 1.71 bits per heavy atom. The lowest BCUT2D eigenvalue weighted by molar-refractivity contribution is 0.448. The van der Waals surface area contributed by atoms with E-state index in [1.165, 1.54) is 6.20 Å². The van der Waals surface area contributed by atoms with E-state index >= 15 is 0 Å². The molecular weight excluding hydrogens is 347 g/mol. The third-order valence-corrected chi connectivity index (χ3v) is 3.24. The Labute approximate surface area is 126 Å². The van der Waals surface area contributed by atoms with Gasteiger partial charge in [0.05, 0.1) is 11.2 Å². The number of anilines is 2. The van der Waals surface area contributed by atoms with Crippen molar-refractivity contribution in [3.8, 4) is 0 Å². The monoisotopic (exact) mass is 353 g/mol. The van der Waals surface area contributed by atoms with Crippen LogP contribution in [0.2, 0.25) is 0 Å². The molecule has 3 aromatic rings. The molecule has 0 aliphatic rings. The van der Waals surface area contributed by atoms with Crippen LogP contribution in [0, 0.1) is 17.5 Å². The van der Waals surface area contributed by atoms with Crippen LogP contribution in [0.15, 0.2) is 41.1 Å². The SMILES string of the molecule is Fc1cc(Nc2ccnc3cc(Br)cnc23)cc(F)c1F. The molecule has 0 aliphatic heterocycles. The molecular formula is C14H7BrF3N3. The molecule has 0 spiro atoms. The van der Waals surface area contributed by atoms with Crippen LogP contribution in [0.1, 0.15) is 0 Å². The summed E-state index contributed by atoms with van der Waals surface area (Å²) >= 11 is 3.29. The lowest BCUT2D eigenvalue weighted by Gasteiger charge is -2.09. The normalized spacial score (nSPS) is 10.9. The Kier molecular flexibility index (Phi) is 3.50. The Hall–Kier alpha value is -2.15. The smallest absolute Gasteiger partial charge is 0.194 e. The summed E-state index contributed by atoms with van der Waals surface area (Å²) in [6.45, 7) is 0. The minimum atomic E-state index is -1.50. The zero-order valence-electron chi connectivity index (χ0n) is 10.4. The lowest BCUT2D eigenvalue weighted by atomic mass is 10.2. The van der Waals surface area contributed by atoms with Crippen molar-refractivity contribution >= 4 is 38.3 Å². The van der Waals surface area contributed by atoms with Crippen molar-refractivity contribution in [3.63, 3.8) is 0 Å². The second-order valence-electron chi connectivity index (χ2n) is 4.26. The molecule has 1 aromatic carbocycles. The van der Waals surface area contributed by atoms with Crippen LogP contribution in [0.5, 0.6) is 0 Å². The van der Waals surface area contributed by atoms with Crippen LogP contribution < -0.4 is 5.32 Å². The van der Waals surface area contributed by atoms with Crippen molar-refractivity contribution in [2.24, 2.45) is 0 Å². The van der Waals surface area contributed by atoms with Gasteiger partial charge in [-0.15, -0.1) is 0 Å². The first-order chi connectivity index (χ1) is 10.0. The number of nitrogens with one attached hydrogen (secondary N) is 1. The van der Waals surface area contributed by atoms with Crippen LogP contribution in [0.3, 0.4) is 0 Å².